The number of furan rings is 1. The molecule has 0 bridgehead atoms. The normalized spacial score (nSPS) is 10.7. The Kier molecular flexibility index (Phi) is 5.56. The van der Waals surface area contributed by atoms with Crippen molar-refractivity contribution in [2.75, 3.05) is 12.4 Å². The molecule has 1 amide bonds. The molecule has 12 heteroatoms. The van der Waals surface area contributed by atoms with Gasteiger partial charge in [-0.2, -0.15) is 0 Å². The summed E-state index contributed by atoms with van der Waals surface area (Å²) in [6.07, 6.45) is 1.44. The lowest BCUT2D eigenvalue weighted by Gasteiger charge is -2.11. The van der Waals surface area contributed by atoms with Crippen LogP contribution < -0.4 is 10.1 Å². The van der Waals surface area contributed by atoms with Crippen LogP contribution in [0.4, 0.5) is 15.8 Å². The van der Waals surface area contributed by atoms with Gasteiger partial charge in [-0.25, -0.2) is 4.39 Å². The predicted molar refractivity (Wildman–Crippen MR) is 110 cm³/mol. The molecule has 0 radical (unpaired) electrons. The molecule has 0 aliphatic carbocycles. The van der Waals surface area contributed by atoms with Crippen molar-refractivity contribution in [2.24, 2.45) is 0 Å². The molecule has 2 heterocycles. The van der Waals surface area contributed by atoms with E-state index in [1.165, 1.54) is 31.6 Å². The SMILES string of the molecule is COc1c(C(=O)Nc2cc(-c3nnc(-c4ccco4)o3)ccc2F)cc(Cl)cc1[N+](=O)[O-]. The van der Waals surface area contributed by atoms with Crippen molar-refractivity contribution in [3.63, 3.8) is 0 Å². The lowest BCUT2D eigenvalue weighted by atomic mass is 10.1. The number of rotatable bonds is 6. The van der Waals surface area contributed by atoms with E-state index in [4.69, 9.17) is 25.2 Å². The summed E-state index contributed by atoms with van der Waals surface area (Å²) in [6, 6.07) is 9.26. The van der Waals surface area contributed by atoms with Crippen LogP contribution in [0.15, 0.2) is 57.6 Å². The molecule has 0 fully saturated rings. The molecule has 10 nitrogen and oxygen atoms in total. The second-order valence-corrected chi connectivity index (χ2v) is 6.74. The molecule has 2 aromatic heterocycles. The molecule has 0 atom stereocenters. The summed E-state index contributed by atoms with van der Waals surface area (Å²) in [6.45, 7) is 0. The lowest BCUT2D eigenvalue weighted by molar-refractivity contribution is -0.385. The Balaban J connectivity index is 1.66. The summed E-state index contributed by atoms with van der Waals surface area (Å²) in [5.41, 5.74) is -0.656. The number of nitrogens with zero attached hydrogens (tertiary/aromatic N) is 3. The van der Waals surface area contributed by atoms with E-state index in [0.717, 1.165) is 12.1 Å². The van der Waals surface area contributed by atoms with E-state index in [0.29, 0.717) is 11.3 Å². The van der Waals surface area contributed by atoms with Crippen molar-refractivity contribution < 1.29 is 27.7 Å². The first-order chi connectivity index (χ1) is 15.4. The molecule has 0 saturated carbocycles. The van der Waals surface area contributed by atoms with E-state index in [1.807, 2.05) is 0 Å². The Morgan fingerprint density at radius 1 is 1.22 bits per heavy atom. The number of nitrogens with one attached hydrogen (secondary N) is 1. The predicted octanol–water partition coefficient (Wildman–Crippen LogP) is 4.96. The van der Waals surface area contributed by atoms with E-state index < -0.39 is 22.3 Å². The highest BCUT2D eigenvalue weighted by atomic mass is 35.5. The highest BCUT2D eigenvalue weighted by Gasteiger charge is 2.25. The van der Waals surface area contributed by atoms with Crippen LogP contribution in [0.25, 0.3) is 23.1 Å². The third-order valence-electron chi connectivity index (χ3n) is 4.30. The van der Waals surface area contributed by atoms with Gasteiger partial charge in [0, 0.05) is 16.7 Å². The number of aromatic nitrogens is 2. The molecule has 0 spiro atoms. The standard InChI is InChI=1S/C20H12ClFN4O6/c1-30-17-12(8-11(21)9-15(17)26(28)29)18(27)23-14-7-10(4-5-13(14)22)19-24-25-20(32-19)16-3-2-6-31-16/h2-9H,1H3,(H,23,27). The third-order valence-corrected chi connectivity index (χ3v) is 4.52. The number of anilines is 1. The zero-order chi connectivity index (χ0) is 22.8. The Morgan fingerprint density at radius 3 is 2.69 bits per heavy atom. The van der Waals surface area contributed by atoms with Gasteiger partial charge < -0.3 is 18.9 Å². The van der Waals surface area contributed by atoms with Gasteiger partial charge in [-0.1, -0.05) is 11.6 Å². The molecule has 162 valence electrons. The maximum atomic E-state index is 14.4. The van der Waals surface area contributed by atoms with Crippen LogP contribution >= 0.6 is 11.6 Å². The number of nitro benzene ring substituents is 1. The molecule has 4 rings (SSSR count). The summed E-state index contributed by atoms with van der Waals surface area (Å²) in [5, 5.41) is 21.3. The fraction of sp³-hybridized carbons (Fsp3) is 0.0500. The minimum atomic E-state index is -0.870. The van der Waals surface area contributed by atoms with Gasteiger partial charge in [0.15, 0.2) is 5.76 Å². The summed E-state index contributed by atoms with van der Waals surface area (Å²) >= 11 is 5.90. The molecule has 0 saturated heterocycles. The van der Waals surface area contributed by atoms with Crippen LogP contribution in [0.2, 0.25) is 5.02 Å². The van der Waals surface area contributed by atoms with Gasteiger partial charge in [-0.15, -0.1) is 10.2 Å². The van der Waals surface area contributed by atoms with Crippen LogP contribution in [0, 0.1) is 15.9 Å². The molecule has 2 aromatic carbocycles. The van der Waals surface area contributed by atoms with Gasteiger partial charge in [-0.05, 0) is 36.4 Å². The molecule has 0 aliphatic rings. The average Bonchev–Trinajstić information content (AvgIpc) is 3.46. The molecule has 0 aliphatic heterocycles. The van der Waals surface area contributed by atoms with E-state index in [-0.39, 0.29) is 33.8 Å². The van der Waals surface area contributed by atoms with Gasteiger partial charge in [0.2, 0.25) is 11.6 Å². The van der Waals surface area contributed by atoms with E-state index in [2.05, 4.69) is 15.5 Å². The Morgan fingerprint density at radius 2 is 2.00 bits per heavy atom. The third kappa shape index (κ3) is 4.01. The van der Waals surface area contributed by atoms with E-state index in [9.17, 15) is 19.3 Å². The molecule has 1 N–H and O–H groups in total. The number of nitro groups is 1. The van der Waals surface area contributed by atoms with Gasteiger partial charge >= 0.3 is 5.69 Å². The molecule has 4 aromatic rings. The minimum Gasteiger partial charge on any atom is -0.490 e. The number of carbonyl (C=O) groups is 1. The average molecular weight is 459 g/mol. The van der Waals surface area contributed by atoms with Crippen LogP contribution in [-0.2, 0) is 0 Å². The number of carbonyl (C=O) groups excluding carboxylic acids is 1. The van der Waals surface area contributed by atoms with Crippen molar-refractivity contribution in [1.82, 2.24) is 10.2 Å². The van der Waals surface area contributed by atoms with Gasteiger partial charge in [-0.3, -0.25) is 14.9 Å². The minimum absolute atomic E-state index is 0.0582. The van der Waals surface area contributed by atoms with Crippen molar-refractivity contribution in [3.8, 4) is 28.9 Å². The van der Waals surface area contributed by atoms with Crippen LogP contribution in [0.1, 0.15) is 10.4 Å². The first kappa shape index (κ1) is 21.0. The maximum absolute atomic E-state index is 14.4. The van der Waals surface area contributed by atoms with Crippen molar-refractivity contribution >= 4 is 28.9 Å². The second kappa shape index (κ2) is 8.47. The van der Waals surface area contributed by atoms with Crippen LogP contribution in [0.5, 0.6) is 5.75 Å². The number of amides is 1. The van der Waals surface area contributed by atoms with Crippen LogP contribution in [0.3, 0.4) is 0 Å². The van der Waals surface area contributed by atoms with Gasteiger partial charge in [0.05, 0.1) is 29.5 Å². The highest BCUT2D eigenvalue weighted by Crippen LogP contribution is 2.35. The summed E-state index contributed by atoms with van der Waals surface area (Å²) in [4.78, 5) is 23.3. The van der Waals surface area contributed by atoms with E-state index in [1.54, 1.807) is 12.1 Å². The number of benzene rings is 2. The number of hydrogen-bond acceptors (Lipinski definition) is 8. The zero-order valence-corrected chi connectivity index (χ0v) is 16.9. The monoisotopic (exact) mass is 458 g/mol. The number of hydrogen-bond donors (Lipinski definition) is 1. The smallest absolute Gasteiger partial charge is 0.313 e. The topological polar surface area (TPSA) is 134 Å². The molecule has 32 heavy (non-hydrogen) atoms. The number of halogens is 2. The molecular weight excluding hydrogens is 447 g/mol. The van der Waals surface area contributed by atoms with Crippen LogP contribution in [-0.4, -0.2) is 28.1 Å². The number of ether oxygens (including phenoxy) is 1. The summed E-state index contributed by atoms with van der Waals surface area (Å²) < 4.78 is 30.1. The Bertz CT molecular complexity index is 1320. The van der Waals surface area contributed by atoms with Crippen molar-refractivity contribution in [1.29, 1.82) is 0 Å². The summed E-state index contributed by atoms with van der Waals surface area (Å²) in [7, 11) is 1.17. The van der Waals surface area contributed by atoms with Crippen molar-refractivity contribution in [3.05, 3.63) is 75.2 Å². The second-order valence-electron chi connectivity index (χ2n) is 6.30. The maximum Gasteiger partial charge on any atom is 0.313 e. The highest BCUT2D eigenvalue weighted by molar-refractivity contribution is 6.31. The van der Waals surface area contributed by atoms with Crippen molar-refractivity contribution in [2.45, 2.75) is 0 Å². The van der Waals surface area contributed by atoms with E-state index >= 15 is 0 Å². The number of methoxy groups -OCH3 is 1. The fourth-order valence-corrected chi connectivity index (χ4v) is 3.09. The van der Waals surface area contributed by atoms with Gasteiger partial charge in [0.1, 0.15) is 5.82 Å². The first-order valence-electron chi connectivity index (χ1n) is 8.88. The van der Waals surface area contributed by atoms with Gasteiger partial charge in [0.25, 0.3) is 11.8 Å². The largest absolute Gasteiger partial charge is 0.490 e. The molecule has 0 unspecified atom stereocenters. The Hall–Kier alpha value is -4.25. The Labute approximate surface area is 183 Å². The zero-order valence-electron chi connectivity index (χ0n) is 16.2. The summed E-state index contributed by atoms with van der Waals surface area (Å²) in [5.74, 6) is -1.41. The lowest BCUT2D eigenvalue weighted by Crippen LogP contribution is -2.15. The molecular formula is C20H12ClFN4O6. The quantitative estimate of drug-likeness (QED) is 0.316. The first-order valence-corrected chi connectivity index (χ1v) is 9.25. The fourth-order valence-electron chi connectivity index (χ4n) is 2.88.